The molecule has 0 saturated heterocycles. The van der Waals surface area contributed by atoms with Gasteiger partial charge in [-0.25, -0.2) is 4.98 Å². The number of aromatic nitrogens is 1. The summed E-state index contributed by atoms with van der Waals surface area (Å²) in [5.41, 5.74) is 11.1. The molecule has 1 unspecified atom stereocenters. The second kappa shape index (κ2) is 5.86. The number of aryl methyl sites for hydroxylation is 2. The van der Waals surface area contributed by atoms with Gasteiger partial charge in [0.25, 0.3) is 0 Å². The fourth-order valence-corrected chi connectivity index (χ4v) is 3.15. The quantitative estimate of drug-likeness (QED) is 0.938. The third-order valence-electron chi connectivity index (χ3n) is 4.03. The second-order valence-electron chi connectivity index (χ2n) is 6.05. The maximum Gasteiger partial charge on any atom is 0.135 e. The smallest absolute Gasteiger partial charge is 0.135 e. The lowest BCUT2D eigenvalue weighted by Gasteiger charge is -2.31. The largest absolute Gasteiger partial charge is 0.328 e. The fourth-order valence-electron chi connectivity index (χ4n) is 3.15. The minimum absolute atomic E-state index is 0.174. The summed E-state index contributed by atoms with van der Waals surface area (Å²) in [7, 11) is 0. The Morgan fingerprint density at radius 1 is 1.33 bits per heavy atom. The summed E-state index contributed by atoms with van der Waals surface area (Å²) in [6.07, 6.45) is 5.20. The van der Waals surface area contributed by atoms with Crippen molar-refractivity contribution in [2.45, 2.75) is 39.2 Å². The second-order valence-corrected chi connectivity index (χ2v) is 6.05. The number of anilines is 2. The van der Waals surface area contributed by atoms with E-state index in [-0.39, 0.29) is 6.04 Å². The Morgan fingerprint density at radius 3 is 2.90 bits per heavy atom. The van der Waals surface area contributed by atoms with Crippen molar-refractivity contribution in [2.75, 3.05) is 11.4 Å². The molecule has 2 aromatic rings. The molecule has 3 nitrogen and oxygen atoms in total. The van der Waals surface area contributed by atoms with Gasteiger partial charge in [-0.05, 0) is 55.9 Å². The number of nitrogens with two attached hydrogens (primary N) is 1. The van der Waals surface area contributed by atoms with Crippen LogP contribution in [0.5, 0.6) is 0 Å². The van der Waals surface area contributed by atoms with Crippen LogP contribution in [0.2, 0.25) is 0 Å². The molecule has 2 heterocycles. The van der Waals surface area contributed by atoms with Crippen molar-refractivity contribution >= 4 is 11.5 Å². The molecule has 3 rings (SSSR count). The zero-order valence-corrected chi connectivity index (χ0v) is 12.8. The SMILES string of the molecule is Cc1cc(CC(C)N)cnc1N1CCCc2ccccc21. The van der Waals surface area contributed by atoms with Crippen LogP contribution in [0.25, 0.3) is 0 Å². The number of para-hydroxylation sites is 1. The Labute approximate surface area is 126 Å². The monoisotopic (exact) mass is 281 g/mol. The molecule has 0 fully saturated rings. The minimum atomic E-state index is 0.174. The topological polar surface area (TPSA) is 42.1 Å². The van der Waals surface area contributed by atoms with Crippen LogP contribution >= 0.6 is 0 Å². The summed E-state index contributed by atoms with van der Waals surface area (Å²) >= 11 is 0. The molecule has 0 bridgehead atoms. The lowest BCUT2D eigenvalue weighted by Crippen LogP contribution is -2.26. The summed E-state index contributed by atoms with van der Waals surface area (Å²) in [6.45, 7) is 5.21. The van der Waals surface area contributed by atoms with Gasteiger partial charge in [-0.15, -0.1) is 0 Å². The van der Waals surface area contributed by atoms with Crippen LogP contribution < -0.4 is 10.6 Å². The van der Waals surface area contributed by atoms with Crippen LogP contribution in [-0.2, 0) is 12.8 Å². The van der Waals surface area contributed by atoms with E-state index in [4.69, 9.17) is 10.7 Å². The molecule has 110 valence electrons. The predicted octanol–water partition coefficient (Wildman–Crippen LogP) is 3.36. The van der Waals surface area contributed by atoms with E-state index < -0.39 is 0 Å². The molecule has 1 aromatic heterocycles. The van der Waals surface area contributed by atoms with Crippen molar-refractivity contribution in [3.63, 3.8) is 0 Å². The summed E-state index contributed by atoms with van der Waals surface area (Å²) in [4.78, 5) is 7.08. The van der Waals surface area contributed by atoms with Gasteiger partial charge >= 0.3 is 0 Å². The van der Waals surface area contributed by atoms with Gasteiger partial charge in [-0.2, -0.15) is 0 Å². The molecule has 2 N–H and O–H groups in total. The highest BCUT2D eigenvalue weighted by atomic mass is 15.2. The zero-order chi connectivity index (χ0) is 14.8. The van der Waals surface area contributed by atoms with Crippen LogP contribution in [0.15, 0.2) is 36.5 Å². The predicted molar refractivity (Wildman–Crippen MR) is 88.1 cm³/mol. The molecule has 1 atom stereocenters. The molecule has 0 radical (unpaired) electrons. The number of pyridine rings is 1. The maximum absolute atomic E-state index is 5.88. The lowest BCUT2D eigenvalue weighted by atomic mass is 10.0. The Hall–Kier alpha value is -1.87. The molecule has 3 heteroatoms. The van der Waals surface area contributed by atoms with Crippen LogP contribution in [0.4, 0.5) is 11.5 Å². The van der Waals surface area contributed by atoms with Gasteiger partial charge in [0, 0.05) is 24.5 Å². The van der Waals surface area contributed by atoms with Crippen molar-refractivity contribution in [2.24, 2.45) is 5.73 Å². The Kier molecular flexibility index (Phi) is 3.93. The normalized spacial score (nSPS) is 15.7. The van der Waals surface area contributed by atoms with Crippen LogP contribution in [0.3, 0.4) is 0 Å². The van der Waals surface area contributed by atoms with E-state index in [1.54, 1.807) is 0 Å². The summed E-state index contributed by atoms with van der Waals surface area (Å²) in [5, 5.41) is 0. The number of rotatable bonds is 3. The molecule has 1 aromatic carbocycles. The van der Waals surface area contributed by atoms with Crippen LogP contribution in [0.1, 0.15) is 30.0 Å². The van der Waals surface area contributed by atoms with E-state index >= 15 is 0 Å². The summed E-state index contributed by atoms with van der Waals surface area (Å²) in [5.74, 6) is 1.08. The van der Waals surface area contributed by atoms with Crippen molar-refractivity contribution in [3.05, 3.63) is 53.2 Å². The first kappa shape index (κ1) is 14.1. The maximum atomic E-state index is 5.88. The van der Waals surface area contributed by atoms with Crippen LogP contribution in [-0.4, -0.2) is 17.6 Å². The third kappa shape index (κ3) is 2.93. The minimum Gasteiger partial charge on any atom is -0.328 e. The number of benzene rings is 1. The van der Waals surface area contributed by atoms with E-state index in [0.717, 1.165) is 25.2 Å². The molecule has 0 saturated carbocycles. The first-order valence-electron chi connectivity index (χ1n) is 7.71. The molecule has 1 aliphatic heterocycles. The highest BCUT2D eigenvalue weighted by Gasteiger charge is 2.20. The number of fused-ring (bicyclic) bond motifs is 1. The average Bonchev–Trinajstić information content (AvgIpc) is 2.46. The molecule has 0 spiro atoms. The summed E-state index contributed by atoms with van der Waals surface area (Å²) < 4.78 is 0. The lowest BCUT2D eigenvalue weighted by molar-refractivity contribution is 0.731. The molecule has 1 aliphatic rings. The van der Waals surface area contributed by atoms with Gasteiger partial charge in [0.2, 0.25) is 0 Å². The van der Waals surface area contributed by atoms with E-state index in [9.17, 15) is 0 Å². The number of hydrogen-bond donors (Lipinski definition) is 1. The van der Waals surface area contributed by atoms with Gasteiger partial charge in [0.15, 0.2) is 0 Å². The molecule has 21 heavy (non-hydrogen) atoms. The molecular weight excluding hydrogens is 258 g/mol. The Morgan fingerprint density at radius 2 is 2.14 bits per heavy atom. The van der Waals surface area contributed by atoms with Gasteiger partial charge in [-0.1, -0.05) is 24.3 Å². The first-order valence-corrected chi connectivity index (χ1v) is 7.71. The van der Waals surface area contributed by atoms with Crippen molar-refractivity contribution < 1.29 is 0 Å². The van der Waals surface area contributed by atoms with Crippen molar-refractivity contribution in [1.29, 1.82) is 0 Å². The zero-order valence-electron chi connectivity index (χ0n) is 12.8. The van der Waals surface area contributed by atoms with Gasteiger partial charge < -0.3 is 10.6 Å². The van der Waals surface area contributed by atoms with Crippen LogP contribution in [0, 0.1) is 6.92 Å². The number of nitrogens with zero attached hydrogens (tertiary/aromatic N) is 2. The first-order chi connectivity index (χ1) is 10.1. The highest BCUT2D eigenvalue weighted by molar-refractivity contribution is 5.67. The average molecular weight is 281 g/mol. The Bertz CT molecular complexity index is 634. The van der Waals surface area contributed by atoms with E-state index in [1.807, 2.05) is 13.1 Å². The van der Waals surface area contributed by atoms with Gasteiger partial charge in [-0.3, -0.25) is 0 Å². The van der Waals surface area contributed by atoms with E-state index in [2.05, 4.69) is 42.2 Å². The highest BCUT2D eigenvalue weighted by Crippen LogP contribution is 2.33. The molecule has 0 aliphatic carbocycles. The third-order valence-corrected chi connectivity index (χ3v) is 4.03. The standard InChI is InChI=1S/C18H23N3/c1-13-10-15(11-14(2)19)12-20-18(13)21-9-5-7-16-6-3-4-8-17(16)21/h3-4,6,8,10,12,14H,5,7,9,11,19H2,1-2H3. The molecular formula is C18H23N3. The molecule has 0 amide bonds. The van der Waals surface area contributed by atoms with Gasteiger partial charge in [0.05, 0.1) is 0 Å². The van der Waals surface area contributed by atoms with E-state index in [0.29, 0.717) is 0 Å². The Balaban J connectivity index is 1.95. The van der Waals surface area contributed by atoms with Crippen molar-refractivity contribution in [3.8, 4) is 0 Å². The van der Waals surface area contributed by atoms with Crippen molar-refractivity contribution in [1.82, 2.24) is 4.98 Å². The fraction of sp³-hybridized carbons (Fsp3) is 0.389. The number of hydrogen-bond acceptors (Lipinski definition) is 3. The van der Waals surface area contributed by atoms with Gasteiger partial charge in [0.1, 0.15) is 5.82 Å². The van der Waals surface area contributed by atoms with E-state index in [1.165, 1.54) is 28.8 Å². The summed E-state index contributed by atoms with van der Waals surface area (Å²) in [6, 6.07) is 11.0.